The molecule has 0 radical (unpaired) electrons. The Morgan fingerprint density at radius 3 is 2.48 bits per heavy atom. The van der Waals surface area contributed by atoms with Crippen LogP contribution in [-0.2, 0) is 6.42 Å². The number of hydrogen-bond donors (Lipinski definition) is 3. The lowest BCUT2D eigenvalue weighted by Gasteiger charge is -2.07. The Morgan fingerprint density at radius 2 is 1.90 bits per heavy atom. The van der Waals surface area contributed by atoms with E-state index in [1.54, 1.807) is 31.2 Å². The highest BCUT2D eigenvalue weighted by Gasteiger charge is 2.08. The Balaban J connectivity index is 2.08. The number of phenolic OH excluding ortho intramolecular Hbond substituents is 1. The van der Waals surface area contributed by atoms with E-state index >= 15 is 0 Å². The van der Waals surface area contributed by atoms with Crippen LogP contribution in [0, 0.1) is 6.92 Å². The number of aromatic hydroxyl groups is 1. The summed E-state index contributed by atoms with van der Waals surface area (Å²) in [7, 11) is 0. The molecule has 5 heteroatoms. The number of hydrogen-bond acceptors (Lipinski definition) is 3. The third-order valence-electron chi connectivity index (χ3n) is 3.05. The van der Waals surface area contributed by atoms with Crippen LogP contribution in [0.25, 0.3) is 0 Å². The second-order valence-electron chi connectivity index (χ2n) is 4.80. The average molecular weight is 300 g/mol. The maximum absolute atomic E-state index is 12.1. The van der Waals surface area contributed by atoms with E-state index in [0.717, 1.165) is 5.56 Å². The number of carbonyl (C=O) groups excluding carboxylic acids is 1. The molecule has 0 aliphatic rings. The van der Waals surface area contributed by atoms with Crippen molar-refractivity contribution in [2.24, 2.45) is 5.73 Å². The molecule has 2 rings (SSSR count). The van der Waals surface area contributed by atoms with Gasteiger partial charge < -0.3 is 16.2 Å². The maximum atomic E-state index is 12.1. The number of aryl methyl sites for hydroxylation is 1. The van der Waals surface area contributed by atoms with Gasteiger partial charge in [-0.3, -0.25) is 4.79 Å². The van der Waals surface area contributed by atoms with E-state index in [-0.39, 0.29) is 11.7 Å². The lowest BCUT2D eigenvalue weighted by atomic mass is 10.1. The summed E-state index contributed by atoms with van der Waals surface area (Å²) in [5, 5.41) is 12.3. The summed E-state index contributed by atoms with van der Waals surface area (Å²) in [6, 6.07) is 12.1. The van der Waals surface area contributed by atoms with Crippen molar-refractivity contribution in [2.75, 3.05) is 5.32 Å². The van der Waals surface area contributed by atoms with Crippen molar-refractivity contribution in [1.82, 2.24) is 0 Å². The Bertz CT molecular complexity index is 681. The molecule has 108 valence electrons. The standard InChI is InChI=1S/C16H16N2O2S/c1-10-8-12(4-7-14(10)19)16(20)18-13-5-2-11(3-6-13)9-15(17)21/h2-8,19H,9H2,1H3,(H2,17,21)(H,18,20). The molecule has 1 amide bonds. The van der Waals surface area contributed by atoms with E-state index in [9.17, 15) is 9.90 Å². The van der Waals surface area contributed by atoms with E-state index in [1.165, 1.54) is 6.07 Å². The summed E-state index contributed by atoms with van der Waals surface area (Å²) in [6.45, 7) is 1.75. The highest BCUT2D eigenvalue weighted by Crippen LogP contribution is 2.18. The van der Waals surface area contributed by atoms with Crippen molar-refractivity contribution in [1.29, 1.82) is 0 Å². The molecule has 21 heavy (non-hydrogen) atoms. The second kappa shape index (κ2) is 6.37. The Kier molecular flexibility index (Phi) is 4.55. The molecule has 0 saturated carbocycles. The van der Waals surface area contributed by atoms with Crippen molar-refractivity contribution in [2.45, 2.75) is 13.3 Å². The molecule has 0 aliphatic carbocycles. The van der Waals surface area contributed by atoms with Crippen molar-refractivity contribution in [3.8, 4) is 5.75 Å². The number of phenols is 1. The molecule has 0 aliphatic heterocycles. The first-order chi connectivity index (χ1) is 9.95. The summed E-state index contributed by atoms with van der Waals surface area (Å²) in [5.74, 6) is -0.0474. The van der Waals surface area contributed by atoms with Gasteiger partial charge in [0.25, 0.3) is 5.91 Å². The summed E-state index contributed by atoms with van der Waals surface area (Å²) in [5.41, 5.74) is 8.34. The number of thiocarbonyl (C=S) groups is 1. The van der Waals surface area contributed by atoms with Crippen LogP contribution in [0.5, 0.6) is 5.75 Å². The van der Waals surface area contributed by atoms with Crippen LogP contribution in [-0.4, -0.2) is 16.0 Å². The van der Waals surface area contributed by atoms with Crippen molar-refractivity contribution in [3.05, 3.63) is 59.2 Å². The predicted octanol–water partition coefficient (Wildman–Crippen LogP) is 2.78. The summed E-state index contributed by atoms with van der Waals surface area (Å²) >= 11 is 4.85. The SMILES string of the molecule is Cc1cc(C(=O)Nc2ccc(CC(N)=S)cc2)ccc1O. The van der Waals surface area contributed by atoms with Gasteiger partial charge >= 0.3 is 0 Å². The fourth-order valence-electron chi connectivity index (χ4n) is 1.91. The maximum Gasteiger partial charge on any atom is 0.255 e. The number of carbonyl (C=O) groups is 1. The van der Waals surface area contributed by atoms with Crippen LogP contribution in [0.1, 0.15) is 21.5 Å². The Morgan fingerprint density at radius 1 is 1.24 bits per heavy atom. The van der Waals surface area contributed by atoms with Crippen LogP contribution < -0.4 is 11.1 Å². The molecule has 2 aromatic carbocycles. The highest BCUT2D eigenvalue weighted by molar-refractivity contribution is 7.80. The second-order valence-corrected chi connectivity index (χ2v) is 5.32. The molecule has 0 heterocycles. The number of nitrogens with two attached hydrogens (primary N) is 1. The minimum absolute atomic E-state index is 0.175. The lowest BCUT2D eigenvalue weighted by molar-refractivity contribution is 0.102. The molecular formula is C16H16N2O2S. The number of amides is 1. The molecule has 0 unspecified atom stereocenters. The molecule has 2 aromatic rings. The third-order valence-corrected chi connectivity index (χ3v) is 3.19. The Hall–Kier alpha value is -2.40. The average Bonchev–Trinajstić information content (AvgIpc) is 2.43. The van der Waals surface area contributed by atoms with Crippen LogP contribution in [0.3, 0.4) is 0 Å². The zero-order valence-electron chi connectivity index (χ0n) is 11.6. The zero-order valence-corrected chi connectivity index (χ0v) is 12.4. The lowest BCUT2D eigenvalue weighted by Crippen LogP contribution is -2.13. The third kappa shape index (κ3) is 4.03. The van der Waals surface area contributed by atoms with Crippen LogP contribution in [0.4, 0.5) is 5.69 Å². The monoisotopic (exact) mass is 300 g/mol. The van der Waals surface area contributed by atoms with Gasteiger partial charge in [-0.15, -0.1) is 0 Å². The van der Waals surface area contributed by atoms with Crippen molar-refractivity contribution < 1.29 is 9.90 Å². The van der Waals surface area contributed by atoms with E-state index in [2.05, 4.69) is 5.32 Å². The van der Waals surface area contributed by atoms with Gasteiger partial charge in [-0.05, 0) is 48.4 Å². The first-order valence-corrected chi connectivity index (χ1v) is 6.85. The smallest absolute Gasteiger partial charge is 0.255 e. The van der Waals surface area contributed by atoms with E-state index in [0.29, 0.717) is 28.2 Å². The molecule has 0 saturated heterocycles. The van der Waals surface area contributed by atoms with Gasteiger partial charge in [-0.1, -0.05) is 24.4 Å². The summed E-state index contributed by atoms with van der Waals surface area (Å²) in [6.07, 6.45) is 0.542. The normalized spacial score (nSPS) is 10.1. The minimum atomic E-state index is -0.222. The van der Waals surface area contributed by atoms with Gasteiger partial charge in [0.15, 0.2) is 0 Å². The van der Waals surface area contributed by atoms with Gasteiger partial charge in [-0.25, -0.2) is 0 Å². The number of nitrogens with one attached hydrogen (secondary N) is 1. The quantitative estimate of drug-likeness (QED) is 0.759. The molecular weight excluding hydrogens is 284 g/mol. The van der Waals surface area contributed by atoms with Gasteiger partial charge in [0.2, 0.25) is 0 Å². The van der Waals surface area contributed by atoms with Crippen molar-refractivity contribution in [3.63, 3.8) is 0 Å². The molecule has 4 nitrogen and oxygen atoms in total. The van der Waals surface area contributed by atoms with E-state index in [4.69, 9.17) is 18.0 Å². The van der Waals surface area contributed by atoms with Gasteiger partial charge in [0.05, 0.1) is 4.99 Å². The number of anilines is 1. The molecule has 0 spiro atoms. The number of benzene rings is 2. The van der Waals surface area contributed by atoms with Crippen LogP contribution >= 0.6 is 12.2 Å². The highest BCUT2D eigenvalue weighted by atomic mass is 32.1. The van der Waals surface area contributed by atoms with Gasteiger partial charge in [0, 0.05) is 17.7 Å². The first kappa shape index (κ1) is 15.0. The largest absolute Gasteiger partial charge is 0.508 e. The molecule has 0 bridgehead atoms. The number of rotatable bonds is 4. The van der Waals surface area contributed by atoms with Crippen LogP contribution in [0.15, 0.2) is 42.5 Å². The van der Waals surface area contributed by atoms with Crippen LogP contribution in [0.2, 0.25) is 0 Å². The minimum Gasteiger partial charge on any atom is -0.508 e. The van der Waals surface area contributed by atoms with Crippen molar-refractivity contribution >= 4 is 28.8 Å². The zero-order chi connectivity index (χ0) is 15.4. The van der Waals surface area contributed by atoms with E-state index < -0.39 is 0 Å². The topological polar surface area (TPSA) is 75.4 Å². The van der Waals surface area contributed by atoms with Gasteiger partial charge in [-0.2, -0.15) is 0 Å². The molecule has 4 N–H and O–H groups in total. The molecule has 0 atom stereocenters. The first-order valence-electron chi connectivity index (χ1n) is 6.44. The van der Waals surface area contributed by atoms with Gasteiger partial charge in [0.1, 0.15) is 5.75 Å². The molecule has 0 aromatic heterocycles. The Labute approximate surface area is 128 Å². The summed E-state index contributed by atoms with van der Waals surface area (Å²) in [4.78, 5) is 12.5. The fraction of sp³-hybridized carbons (Fsp3) is 0.125. The fourth-order valence-corrected chi connectivity index (χ4v) is 2.07. The summed E-state index contributed by atoms with van der Waals surface area (Å²) < 4.78 is 0. The molecule has 0 fully saturated rings. The van der Waals surface area contributed by atoms with E-state index in [1.807, 2.05) is 12.1 Å². The predicted molar refractivity (Wildman–Crippen MR) is 87.7 cm³/mol.